The fourth-order valence-corrected chi connectivity index (χ4v) is 6.43. The summed E-state index contributed by atoms with van der Waals surface area (Å²) in [6, 6.07) is -0.453. The summed E-state index contributed by atoms with van der Waals surface area (Å²) < 4.78 is 0. The molecule has 0 radical (unpaired) electrons. The van der Waals surface area contributed by atoms with Crippen molar-refractivity contribution in [3.8, 4) is 0 Å². The molecule has 2 aliphatic heterocycles. The van der Waals surface area contributed by atoms with Crippen molar-refractivity contribution in [2.45, 2.75) is 77.2 Å². The molecule has 0 aromatic carbocycles. The maximum absolute atomic E-state index is 13.2. The molecular weight excluding hydrogens is 408 g/mol. The van der Waals surface area contributed by atoms with E-state index in [2.05, 4.69) is 19.2 Å². The molecule has 2 saturated heterocycles. The predicted octanol–water partition coefficient (Wildman–Crippen LogP) is 2.37. The van der Waals surface area contributed by atoms with Gasteiger partial charge in [-0.3, -0.25) is 19.3 Å². The van der Waals surface area contributed by atoms with Crippen LogP contribution in [0.3, 0.4) is 0 Å². The largest absolute Gasteiger partial charge is 0.339 e. The number of rotatable bonds is 4. The van der Waals surface area contributed by atoms with Gasteiger partial charge in [-0.2, -0.15) is 0 Å². The molecule has 0 aromatic heterocycles. The second-order valence-corrected chi connectivity index (χ2v) is 10.7. The highest BCUT2D eigenvalue weighted by Crippen LogP contribution is 2.39. The monoisotopic (exact) mass is 446 g/mol. The Morgan fingerprint density at radius 1 is 0.906 bits per heavy atom. The molecule has 0 bridgehead atoms. The summed E-state index contributed by atoms with van der Waals surface area (Å²) in [5.74, 6) is 0.946. The zero-order valence-corrected chi connectivity index (χ0v) is 19.6. The van der Waals surface area contributed by atoms with E-state index in [9.17, 15) is 19.2 Å². The smallest absolute Gasteiger partial charge is 0.325 e. The number of hydrogen-bond acceptors (Lipinski definition) is 4. The van der Waals surface area contributed by atoms with E-state index < -0.39 is 11.6 Å². The second kappa shape index (κ2) is 9.40. The molecule has 1 N–H and O–H groups in total. The van der Waals surface area contributed by atoms with Crippen LogP contribution in [-0.4, -0.2) is 76.7 Å². The van der Waals surface area contributed by atoms with Crippen molar-refractivity contribution in [3.05, 3.63) is 0 Å². The number of amides is 5. The normalized spacial score (nSPS) is 31.9. The van der Waals surface area contributed by atoms with Crippen molar-refractivity contribution in [3.63, 3.8) is 0 Å². The topological polar surface area (TPSA) is 90.0 Å². The lowest BCUT2D eigenvalue weighted by Gasteiger charge is -2.38. The van der Waals surface area contributed by atoms with Gasteiger partial charge in [-0.15, -0.1) is 0 Å². The molecule has 2 aliphatic carbocycles. The van der Waals surface area contributed by atoms with Crippen LogP contribution in [0.5, 0.6) is 0 Å². The minimum absolute atomic E-state index is 0.195. The van der Waals surface area contributed by atoms with Crippen molar-refractivity contribution < 1.29 is 19.2 Å². The Kier molecular flexibility index (Phi) is 6.77. The minimum atomic E-state index is -0.849. The van der Waals surface area contributed by atoms with E-state index in [1.165, 1.54) is 19.3 Å². The lowest BCUT2D eigenvalue weighted by Crippen LogP contribution is -2.54. The van der Waals surface area contributed by atoms with Crippen molar-refractivity contribution >= 4 is 23.8 Å². The van der Waals surface area contributed by atoms with Crippen LogP contribution in [0.4, 0.5) is 4.79 Å². The van der Waals surface area contributed by atoms with Gasteiger partial charge in [0.1, 0.15) is 12.1 Å². The summed E-state index contributed by atoms with van der Waals surface area (Å²) in [5.41, 5.74) is -0.849. The third-order valence-electron chi connectivity index (χ3n) is 7.91. The van der Waals surface area contributed by atoms with Crippen LogP contribution in [-0.2, 0) is 14.4 Å². The van der Waals surface area contributed by atoms with Crippen molar-refractivity contribution in [2.75, 3.05) is 32.7 Å². The minimum Gasteiger partial charge on any atom is -0.339 e. The van der Waals surface area contributed by atoms with Gasteiger partial charge in [0.15, 0.2) is 0 Å². The molecule has 8 heteroatoms. The number of imide groups is 1. The summed E-state index contributed by atoms with van der Waals surface area (Å²) >= 11 is 0. The molecule has 0 aromatic rings. The maximum atomic E-state index is 13.2. The number of nitrogens with zero attached hydrogens (tertiary/aromatic N) is 3. The van der Waals surface area contributed by atoms with Crippen molar-refractivity contribution in [1.29, 1.82) is 0 Å². The van der Waals surface area contributed by atoms with E-state index >= 15 is 0 Å². The summed E-state index contributed by atoms with van der Waals surface area (Å²) in [5, 5.41) is 2.91. The Morgan fingerprint density at radius 3 is 2.06 bits per heavy atom. The SMILES string of the molecule is CC1CC(C)CC2(C1)NC(=O)N(CC(=O)N1CCN(C(=O)CC3CCCCC3)CC1)C2=O. The number of hydrogen-bond donors (Lipinski definition) is 1. The number of urea groups is 1. The number of nitrogens with one attached hydrogen (secondary N) is 1. The Hall–Kier alpha value is -2.12. The van der Waals surface area contributed by atoms with E-state index in [1.807, 2.05) is 4.90 Å². The van der Waals surface area contributed by atoms with Crippen LogP contribution in [0, 0.1) is 17.8 Å². The molecule has 1 spiro atoms. The van der Waals surface area contributed by atoms with Gasteiger partial charge in [-0.1, -0.05) is 33.1 Å². The third-order valence-corrected chi connectivity index (χ3v) is 7.91. The van der Waals surface area contributed by atoms with Gasteiger partial charge in [0.05, 0.1) is 0 Å². The average molecular weight is 447 g/mol. The Balaban J connectivity index is 1.28. The molecule has 4 fully saturated rings. The highest BCUT2D eigenvalue weighted by Gasteiger charge is 2.54. The van der Waals surface area contributed by atoms with Crippen LogP contribution in [0.1, 0.15) is 71.6 Å². The Bertz CT molecular complexity index is 745. The van der Waals surface area contributed by atoms with Gasteiger partial charge in [0.2, 0.25) is 11.8 Å². The van der Waals surface area contributed by atoms with Crippen LogP contribution in [0.25, 0.3) is 0 Å². The van der Waals surface area contributed by atoms with Crippen LogP contribution in [0.2, 0.25) is 0 Å². The summed E-state index contributed by atoms with van der Waals surface area (Å²) in [6.45, 7) is 5.97. The highest BCUT2D eigenvalue weighted by atomic mass is 16.2. The molecule has 2 atom stereocenters. The first-order valence-electron chi connectivity index (χ1n) is 12.5. The summed E-state index contributed by atoms with van der Waals surface area (Å²) in [6.07, 6.45) is 8.96. The van der Waals surface area contributed by atoms with Gasteiger partial charge < -0.3 is 15.1 Å². The second-order valence-electron chi connectivity index (χ2n) is 10.7. The first-order chi connectivity index (χ1) is 15.3. The van der Waals surface area contributed by atoms with Crippen LogP contribution in [0.15, 0.2) is 0 Å². The van der Waals surface area contributed by atoms with Crippen molar-refractivity contribution in [1.82, 2.24) is 20.0 Å². The Morgan fingerprint density at radius 2 is 1.47 bits per heavy atom. The van der Waals surface area contributed by atoms with E-state index in [4.69, 9.17) is 0 Å². The van der Waals surface area contributed by atoms with E-state index in [0.717, 1.165) is 24.2 Å². The quantitative estimate of drug-likeness (QED) is 0.672. The maximum Gasteiger partial charge on any atom is 0.325 e. The Labute approximate surface area is 191 Å². The fourth-order valence-electron chi connectivity index (χ4n) is 6.43. The number of carbonyl (C=O) groups is 4. The van der Waals surface area contributed by atoms with Gasteiger partial charge in [0.25, 0.3) is 5.91 Å². The molecule has 178 valence electrons. The first-order valence-corrected chi connectivity index (χ1v) is 12.5. The first kappa shape index (κ1) is 23.1. The van der Waals surface area contributed by atoms with E-state index in [1.54, 1.807) is 4.90 Å². The molecular formula is C24H38N4O4. The molecule has 32 heavy (non-hydrogen) atoms. The van der Waals surface area contributed by atoms with Gasteiger partial charge in [-0.25, -0.2) is 4.79 Å². The average Bonchev–Trinajstić information content (AvgIpc) is 2.97. The molecule has 2 unspecified atom stereocenters. The molecule has 2 heterocycles. The van der Waals surface area contributed by atoms with Gasteiger partial charge in [0, 0.05) is 32.6 Å². The number of carbonyl (C=O) groups excluding carboxylic acids is 4. The molecule has 5 amide bonds. The number of piperazine rings is 1. The zero-order valence-electron chi connectivity index (χ0n) is 19.6. The molecule has 2 saturated carbocycles. The van der Waals surface area contributed by atoms with Gasteiger partial charge in [-0.05, 0) is 49.9 Å². The molecule has 4 aliphatic rings. The molecule has 8 nitrogen and oxygen atoms in total. The molecule has 4 rings (SSSR count). The lowest BCUT2D eigenvalue weighted by atomic mass is 9.71. The standard InChI is InChI=1S/C24H38N4O4/c1-17-12-18(2)15-24(14-17)22(31)28(23(32)25-24)16-21(30)27-10-8-26(9-11-27)20(29)13-19-6-4-3-5-7-19/h17-19H,3-16H2,1-2H3,(H,25,32). The van der Waals surface area contributed by atoms with Crippen LogP contribution >= 0.6 is 0 Å². The highest BCUT2D eigenvalue weighted by molar-refractivity contribution is 6.09. The lowest BCUT2D eigenvalue weighted by molar-refractivity contribution is -0.143. The zero-order chi connectivity index (χ0) is 22.9. The summed E-state index contributed by atoms with van der Waals surface area (Å²) in [4.78, 5) is 55.9. The van der Waals surface area contributed by atoms with Gasteiger partial charge >= 0.3 is 6.03 Å². The third kappa shape index (κ3) is 4.79. The van der Waals surface area contributed by atoms with E-state index in [0.29, 0.717) is 63.2 Å². The predicted molar refractivity (Wildman–Crippen MR) is 120 cm³/mol. The fraction of sp³-hybridized carbons (Fsp3) is 0.833. The summed E-state index contributed by atoms with van der Waals surface area (Å²) in [7, 11) is 0. The van der Waals surface area contributed by atoms with E-state index in [-0.39, 0.29) is 24.3 Å². The van der Waals surface area contributed by atoms with Crippen molar-refractivity contribution in [2.24, 2.45) is 17.8 Å². The van der Waals surface area contributed by atoms with Crippen LogP contribution < -0.4 is 5.32 Å².